The van der Waals surface area contributed by atoms with Crippen molar-refractivity contribution in [3.05, 3.63) is 47.8 Å². The van der Waals surface area contributed by atoms with Crippen molar-refractivity contribution < 1.29 is 9.18 Å². The third-order valence-corrected chi connectivity index (χ3v) is 5.38. The maximum Gasteiger partial charge on any atom is 0.252 e. The number of carbonyl (C=O) groups excluding carboxylic acids is 1. The maximum atomic E-state index is 14.7. The highest BCUT2D eigenvalue weighted by molar-refractivity contribution is 5.98. The molecule has 0 saturated heterocycles. The van der Waals surface area contributed by atoms with Crippen molar-refractivity contribution >= 4 is 23.2 Å². The minimum absolute atomic E-state index is 0.0198. The fraction of sp³-hybridized carbons (Fsp3) is 0.350. The number of nitrogens with two attached hydrogens (primary N) is 2. The summed E-state index contributed by atoms with van der Waals surface area (Å²) in [5.74, 6) is -1.32. The predicted molar refractivity (Wildman–Crippen MR) is 114 cm³/mol. The van der Waals surface area contributed by atoms with Crippen LogP contribution in [-0.4, -0.2) is 43.0 Å². The Bertz CT molecular complexity index is 1090. The highest BCUT2D eigenvalue weighted by atomic mass is 19.1. The van der Waals surface area contributed by atoms with Gasteiger partial charge in [0.1, 0.15) is 5.82 Å². The van der Waals surface area contributed by atoms with Gasteiger partial charge in [0.05, 0.1) is 41.2 Å². The number of nitrogens with one attached hydrogen (secondary N) is 2. The molecule has 0 bridgehead atoms. The fourth-order valence-electron chi connectivity index (χ4n) is 3.68. The molecule has 3 heterocycles. The van der Waals surface area contributed by atoms with Crippen molar-refractivity contribution in [1.82, 2.24) is 25.0 Å². The van der Waals surface area contributed by atoms with Crippen LogP contribution in [0.3, 0.4) is 0 Å². The van der Waals surface area contributed by atoms with Crippen LogP contribution in [0.1, 0.15) is 41.7 Å². The Morgan fingerprint density at radius 1 is 1.26 bits per heavy atom. The first kappa shape index (κ1) is 20.7. The molecule has 0 aromatic carbocycles. The summed E-state index contributed by atoms with van der Waals surface area (Å²) in [6.07, 6.45) is 8.58. The summed E-state index contributed by atoms with van der Waals surface area (Å²) in [5, 5.41) is 13.9. The average Bonchev–Trinajstić information content (AvgIpc) is 3.27. The lowest BCUT2D eigenvalue weighted by Gasteiger charge is -2.30. The smallest absolute Gasteiger partial charge is 0.252 e. The van der Waals surface area contributed by atoms with E-state index in [0.29, 0.717) is 11.4 Å². The second-order valence-electron chi connectivity index (χ2n) is 7.58. The van der Waals surface area contributed by atoms with Gasteiger partial charge in [-0.3, -0.25) is 9.78 Å². The number of rotatable bonds is 6. The number of anilines is 3. The van der Waals surface area contributed by atoms with E-state index in [9.17, 15) is 9.18 Å². The molecule has 10 nitrogen and oxygen atoms in total. The van der Waals surface area contributed by atoms with Crippen molar-refractivity contribution in [2.75, 3.05) is 10.6 Å². The van der Waals surface area contributed by atoms with Gasteiger partial charge >= 0.3 is 0 Å². The van der Waals surface area contributed by atoms with Crippen molar-refractivity contribution in [1.29, 1.82) is 0 Å². The summed E-state index contributed by atoms with van der Waals surface area (Å²) in [4.78, 5) is 20.6. The number of primary amides is 1. The van der Waals surface area contributed by atoms with Gasteiger partial charge in [0.15, 0.2) is 11.6 Å². The van der Waals surface area contributed by atoms with E-state index in [2.05, 4.69) is 30.9 Å². The Kier molecular flexibility index (Phi) is 5.76. The van der Waals surface area contributed by atoms with Crippen LogP contribution in [0.5, 0.6) is 0 Å². The molecule has 3 aromatic rings. The Morgan fingerprint density at radius 2 is 2.06 bits per heavy atom. The first-order chi connectivity index (χ1) is 14.9. The zero-order valence-corrected chi connectivity index (χ0v) is 17.0. The number of carbonyl (C=O) groups is 1. The number of hydrogen-bond acceptors (Lipinski definition) is 8. The predicted octanol–water partition coefficient (Wildman–Crippen LogP) is 2.03. The summed E-state index contributed by atoms with van der Waals surface area (Å²) in [6, 6.07) is 2.67. The lowest BCUT2D eigenvalue weighted by atomic mass is 9.91. The SMILES string of the molecule is Cc1ncc(Nc2nc(NC3CCCCC3N)c(F)cc2C(N)=O)cc1-n1ccnn1. The first-order valence-electron chi connectivity index (χ1n) is 10.0. The lowest BCUT2D eigenvalue weighted by Crippen LogP contribution is -2.43. The molecule has 31 heavy (non-hydrogen) atoms. The molecule has 4 rings (SSSR count). The van der Waals surface area contributed by atoms with E-state index in [-0.39, 0.29) is 29.3 Å². The molecule has 2 atom stereocenters. The van der Waals surface area contributed by atoms with Crippen LogP contribution < -0.4 is 22.1 Å². The largest absolute Gasteiger partial charge is 0.365 e. The molecule has 11 heteroatoms. The minimum Gasteiger partial charge on any atom is -0.365 e. The van der Waals surface area contributed by atoms with E-state index in [1.54, 1.807) is 29.3 Å². The van der Waals surface area contributed by atoms with Crippen LogP contribution in [0.15, 0.2) is 30.7 Å². The Balaban J connectivity index is 1.67. The number of nitrogens with zero attached hydrogens (tertiary/aromatic N) is 5. The number of aryl methyl sites for hydroxylation is 1. The summed E-state index contributed by atoms with van der Waals surface area (Å²) in [6.45, 7) is 1.83. The number of hydrogen-bond donors (Lipinski definition) is 4. The first-order valence-corrected chi connectivity index (χ1v) is 10.0. The Labute approximate surface area is 178 Å². The van der Waals surface area contributed by atoms with Gasteiger partial charge < -0.3 is 22.1 Å². The molecular formula is C20H24FN9O. The van der Waals surface area contributed by atoms with E-state index < -0.39 is 11.7 Å². The number of amides is 1. The normalized spacial score (nSPS) is 18.5. The summed E-state index contributed by atoms with van der Waals surface area (Å²) < 4.78 is 16.2. The van der Waals surface area contributed by atoms with Gasteiger partial charge in [-0.05, 0) is 31.9 Å². The van der Waals surface area contributed by atoms with Gasteiger partial charge in [0.2, 0.25) is 0 Å². The van der Waals surface area contributed by atoms with Gasteiger partial charge in [-0.15, -0.1) is 5.10 Å². The Morgan fingerprint density at radius 3 is 2.77 bits per heavy atom. The quantitative estimate of drug-likeness (QED) is 0.468. The second-order valence-corrected chi connectivity index (χ2v) is 7.58. The van der Waals surface area contributed by atoms with Gasteiger partial charge in [-0.2, -0.15) is 0 Å². The van der Waals surface area contributed by atoms with Crippen molar-refractivity contribution in [2.45, 2.75) is 44.7 Å². The van der Waals surface area contributed by atoms with Gasteiger partial charge in [-0.25, -0.2) is 14.1 Å². The molecule has 162 valence electrons. The molecule has 6 N–H and O–H groups in total. The van der Waals surface area contributed by atoms with E-state index in [1.165, 1.54) is 0 Å². The zero-order chi connectivity index (χ0) is 22.0. The molecule has 1 aliphatic rings. The summed E-state index contributed by atoms with van der Waals surface area (Å²) >= 11 is 0. The van der Waals surface area contributed by atoms with Crippen LogP contribution in [0.25, 0.3) is 5.69 Å². The highest BCUT2D eigenvalue weighted by Gasteiger charge is 2.24. The van der Waals surface area contributed by atoms with E-state index >= 15 is 0 Å². The molecule has 3 aromatic heterocycles. The molecule has 1 aliphatic carbocycles. The third kappa shape index (κ3) is 4.45. The molecule has 1 amide bonds. The monoisotopic (exact) mass is 425 g/mol. The number of halogens is 1. The molecule has 1 fully saturated rings. The van der Waals surface area contributed by atoms with Crippen molar-refractivity contribution in [2.24, 2.45) is 11.5 Å². The van der Waals surface area contributed by atoms with E-state index in [0.717, 1.165) is 37.4 Å². The van der Waals surface area contributed by atoms with Crippen LogP contribution in [0, 0.1) is 12.7 Å². The van der Waals surface area contributed by atoms with Gasteiger partial charge in [0.25, 0.3) is 5.91 Å². The van der Waals surface area contributed by atoms with Crippen LogP contribution >= 0.6 is 0 Å². The Hall–Kier alpha value is -3.60. The second kappa shape index (κ2) is 8.64. The topological polar surface area (TPSA) is 150 Å². The highest BCUT2D eigenvalue weighted by Crippen LogP contribution is 2.27. The van der Waals surface area contributed by atoms with Gasteiger partial charge in [0, 0.05) is 12.1 Å². The summed E-state index contributed by atoms with van der Waals surface area (Å²) in [5.41, 5.74) is 13.5. The van der Waals surface area contributed by atoms with E-state index in [4.69, 9.17) is 11.5 Å². The standard InChI is InChI=1S/C20H24FN9O/c1-11-17(30-7-6-25-29-30)8-12(10-24-11)26-19-13(18(23)31)9-14(21)20(28-19)27-16-5-3-2-4-15(16)22/h6-10,15-16H,2-5,22H2,1H3,(H2,23,31)(H2,26,27,28). The van der Waals surface area contributed by atoms with Crippen molar-refractivity contribution in [3.8, 4) is 5.69 Å². The number of pyridine rings is 2. The average molecular weight is 425 g/mol. The van der Waals surface area contributed by atoms with Crippen molar-refractivity contribution in [3.63, 3.8) is 0 Å². The zero-order valence-electron chi connectivity index (χ0n) is 17.0. The third-order valence-electron chi connectivity index (χ3n) is 5.38. The van der Waals surface area contributed by atoms with Crippen LogP contribution in [0.4, 0.5) is 21.7 Å². The maximum absolute atomic E-state index is 14.7. The summed E-state index contributed by atoms with van der Waals surface area (Å²) in [7, 11) is 0. The molecule has 2 unspecified atom stereocenters. The molecule has 1 saturated carbocycles. The van der Waals surface area contributed by atoms with Gasteiger partial charge in [-0.1, -0.05) is 18.1 Å². The molecule has 0 spiro atoms. The minimum atomic E-state index is -0.800. The molecule has 0 radical (unpaired) electrons. The van der Waals surface area contributed by atoms with E-state index in [1.807, 2.05) is 6.92 Å². The lowest BCUT2D eigenvalue weighted by molar-refractivity contribution is 0.100. The number of aromatic nitrogens is 5. The molecular weight excluding hydrogens is 401 g/mol. The molecule has 0 aliphatic heterocycles. The van der Waals surface area contributed by atoms with Crippen LogP contribution in [-0.2, 0) is 0 Å². The fourth-order valence-corrected chi connectivity index (χ4v) is 3.68. The van der Waals surface area contributed by atoms with Crippen LogP contribution in [0.2, 0.25) is 0 Å².